The van der Waals surface area contributed by atoms with Crippen molar-refractivity contribution >= 4 is 0 Å². The van der Waals surface area contributed by atoms with Crippen molar-refractivity contribution in [2.24, 2.45) is 5.92 Å². The van der Waals surface area contributed by atoms with Gasteiger partial charge in [-0.15, -0.1) is 0 Å². The quantitative estimate of drug-likeness (QED) is 0.609. The predicted octanol–water partition coefficient (Wildman–Crippen LogP) is 0.757. The molecule has 0 bridgehead atoms. The van der Waals surface area contributed by atoms with Crippen molar-refractivity contribution in [1.29, 1.82) is 0 Å². The number of β-amino-alcohol motifs (C(OH)–C–C–N with tert-alkyl or cyclic N) is 1. The first-order valence-electron chi connectivity index (χ1n) is 4.02. The van der Waals surface area contributed by atoms with Crippen LogP contribution in [-0.4, -0.2) is 23.8 Å². The van der Waals surface area contributed by atoms with Crippen molar-refractivity contribution in [3.8, 4) is 0 Å². The van der Waals surface area contributed by atoms with E-state index >= 15 is 0 Å². The molecule has 2 heteroatoms. The Morgan fingerprint density at radius 3 is 2.50 bits per heavy atom. The minimum Gasteiger partial charge on any atom is -0.395 e. The molecule has 0 unspecified atom stereocenters. The van der Waals surface area contributed by atoms with Crippen LogP contribution < -0.4 is 5.32 Å². The van der Waals surface area contributed by atoms with E-state index in [1.807, 2.05) is 0 Å². The maximum atomic E-state index is 8.57. The number of nitrogens with one attached hydrogen (secondary N) is 1. The molecule has 1 fully saturated rings. The monoisotopic (exact) mass is 143 g/mol. The van der Waals surface area contributed by atoms with Gasteiger partial charge in [-0.05, 0) is 32.6 Å². The average Bonchev–Trinajstić information content (AvgIpc) is 2.64. The second kappa shape index (κ2) is 2.89. The van der Waals surface area contributed by atoms with Crippen LogP contribution in [0.25, 0.3) is 0 Å². The normalized spacial score (nSPS) is 19.5. The summed E-state index contributed by atoms with van der Waals surface area (Å²) in [7, 11) is 0. The Labute approximate surface area is 62.6 Å². The fourth-order valence-corrected chi connectivity index (χ4v) is 1.33. The van der Waals surface area contributed by atoms with Gasteiger partial charge >= 0.3 is 0 Å². The lowest BCUT2D eigenvalue weighted by molar-refractivity contribution is 0.254. The van der Waals surface area contributed by atoms with E-state index in [4.69, 9.17) is 5.11 Å². The highest BCUT2D eigenvalue weighted by atomic mass is 16.3. The first-order chi connectivity index (χ1) is 4.67. The van der Waals surface area contributed by atoms with E-state index < -0.39 is 0 Å². The molecule has 0 aliphatic heterocycles. The van der Waals surface area contributed by atoms with Crippen molar-refractivity contribution in [2.75, 3.05) is 13.2 Å². The molecule has 0 saturated heterocycles. The number of aliphatic hydroxyl groups excluding tert-OH is 1. The van der Waals surface area contributed by atoms with Gasteiger partial charge in [-0.3, -0.25) is 0 Å². The molecule has 0 heterocycles. The molecule has 1 aliphatic rings. The van der Waals surface area contributed by atoms with Gasteiger partial charge in [-0.2, -0.15) is 0 Å². The summed E-state index contributed by atoms with van der Waals surface area (Å²) in [6, 6.07) is 0. The van der Waals surface area contributed by atoms with Crippen molar-refractivity contribution in [1.82, 2.24) is 5.32 Å². The molecule has 0 radical (unpaired) electrons. The summed E-state index contributed by atoms with van der Waals surface area (Å²) in [5.41, 5.74) is 0.253. The van der Waals surface area contributed by atoms with Gasteiger partial charge in [0.15, 0.2) is 0 Å². The van der Waals surface area contributed by atoms with Crippen LogP contribution in [0, 0.1) is 5.92 Å². The molecular weight excluding hydrogens is 126 g/mol. The standard InChI is InChI=1S/C8H17NO/c1-8(2,7-3-4-7)9-5-6-10/h7,9-10H,3-6H2,1-2H3. The Bertz CT molecular complexity index is 108. The molecule has 2 nitrogen and oxygen atoms in total. The maximum absolute atomic E-state index is 8.57. The summed E-state index contributed by atoms with van der Waals surface area (Å²) in [5.74, 6) is 0.846. The molecule has 0 aromatic rings. The number of hydrogen-bond acceptors (Lipinski definition) is 2. The van der Waals surface area contributed by atoms with Crippen LogP contribution >= 0.6 is 0 Å². The Hall–Kier alpha value is -0.0800. The van der Waals surface area contributed by atoms with Gasteiger partial charge in [0, 0.05) is 12.1 Å². The summed E-state index contributed by atoms with van der Waals surface area (Å²) in [4.78, 5) is 0. The van der Waals surface area contributed by atoms with E-state index in [0.29, 0.717) is 0 Å². The molecule has 1 saturated carbocycles. The second-order valence-corrected chi connectivity index (χ2v) is 3.65. The van der Waals surface area contributed by atoms with Crippen LogP contribution in [0.3, 0.4) is 0 Å². The fraction of sp³-hybridized carbons (Fsp3) is 1.00. The maximum Gasteiger partial charge on any atom is 0.0556 e. The largest absolute Gasteiger partial charge is 0.395 e. The third-order valence-corrected chi connectivity index (χ3v) is 2.29. The lowest BCUT2D eigenvalue weighted by Gasteiger charge is -2.25. The molecular formula is C8H17NO. The summed E-state index contributed by atoms with van der Waals surface area (Å²) < 4.78 is 0. The van der Waals surface area contributed by atoms with Crippen LogP contribution in [-0.2, 0) is 0 Å². The van der Waals surface area contributed by atoms with Crippen LogP contribution in [0.15, 0.2) is 0 Å². The fourth-order valence-electron chi connectivity index (χ4n) is 1.33. The zero-order chi connectivity index (χ0) is 7.61. The van der Waals surface area contributed by atoms with E-state index in [2.05, 4.69) is 19.2 Å². The first kappa shape index (κ1) is 8.02. The molecule has 0 atom stereocenters. The molecule has 10 heavy (non-hydrogen) atoms. The van der Waals surface area contributed by atoms with Gasteiger partial charge < -0.3 is 10.4 Å². The summed E-state index contributed by atoms with van der Waals surface area (Å²) in [6.07, 6.45) is 2.71. The van der Waals surface area contributed by atoms with E-state index in [-0.39, 0.29) is 12.1 Å². The van der Waals surface area contributed by atoms with Crippen LogP contribution in [0.4, 0.5) is 0 Å². The summed E-state index contributed by atoms with van der Waals surface area (Å²) >= 11 is 0. The van der Waals surface area contributed by atoms with Crippen LogP contribution in [0.1, 0.15) is 26.7 Å². The molecule has 0 spiro atoms. The van der Waals surface area contributed by atoms with Crippen molar-refractivity contribution in [2.45, 2.75) is 32.2 Å². The Morgan fingerprint density at radius 2 is 2.10 bits per heavy atom. The Balaban J connectivity index is 2.20. The average molecular weight is 143 g/mol. The van der Waals surface area contributed by atoms with Crippen LogP contribution in [0.5, 0.6) is 0 Å². The molecule has 60 valence electrons. The van der Waals surface area contributed by atoms with Crippen molar-refractivity contribution in [3.63, 3.8) is 0 Å². The van der Waals surface area contributed by atoms with Crippen molar-refractivity contribution < 1.29 is 5.11 Å². The van der Waals surface area contributed by atoms with Crippen LogP contribution in [0.2, 0.25) is 0 Å². The smallest absolute Gasteiger partial charge is 0.0556 e. The number of aliphatic hydroxyl groups is 1. The van der Waals surface area contributed by atoms with Gasteiger partial charge in [0.25, 0.3) is 0 Å². The third-order valence-electron chi connectivity index (χ3n) is 2.29. The third kappa shape index (κ3) is 1.96. The minimum absolute atomic E-state index is 0.246. The van der Waals surface area contributed by atoms with Gasteiger partial charge in [-0.25, -0.2) is 0 Å². The highest BCUT2D eigenvalue weighted by Crippen LogP contribution is 2.38. The SMILES string of the molecule is CC(C)(NCCO)C1CC1. The lowest BCUT2D eigenvalue weighted by atomic mass is 9.99. The highest BCUT2D eigenvalue weighted by Gasteiger charge is 2.36. The predicted molar refractivity (Wildman–Crippen MR) is 41.9 cm³/mol. The summed E-state index contributed by atoms with van der Waals surface area (Å²) in [6.45, 7) is 5.39. The molecule has 0 aromatic heterocycles. The number of hydrogen-bond donors (Lipinski definition) is 2. The Morgan fingerprint density at radius 1 is 1.50 bits per heavy atom. The lowest BCUT2D eigenvalue weighted by Crippen LogP contribution is -2.42. The second-order valence-electron chi connectivity index (χ2n) is 3.65. The van der Waals surface area contributed by atoms with E-state index in [0.717, 1.165) is 12.5 Å². The zero-order valence-corrected chi connectivity index (χ0v) is 6.85. The molecule has 1 aliphatic carbocycles. The number of rotatable bonds is 4. The van der Waals surface area contributed by atoms with E-state index in [1.165, 1.54) is 12.8 Å². The van der Waals surface area contributed by atoms with E-state index in [9.17, 15) is 0 Å². The van der Waals surface area contributed by atoms with Crippen molar-refractivity contribution in [3.05, 3.63) is 0 Å². The van der Waals surface area contributed by atoms with Gasteiger partial charge in [0.2, 0.25) is 0 Å². The molecule has 0 aromatic carbocycles. The highest BCUT2D eigenvalue weighted by molar-refractivity contribution is 4.93. The molecule has 2 N–H and O–H groups in total. The first-order valence-corrected chi connectivity index (χ1v) is 4.02. The summed E-state index contributed by atoms with van der Waals surface area (Å²) in [5, 5.41) is 11.9. The zero-order valence-electron chi connectivity index (χ0n) is 6.85. The molecule has 1 rings (SSSR count). The van der Waals surface area contributed by atoms with Gasteiger partial charge in [0.05, 0.1) is 6.61 Å². The topological polar surface area (TPSA) is 32.3 Å². The van der Waals surface area contributed by atoms with Gasteiger partial charge in [-0.1, -0.05) is 0 Å². The minimum atomic E-state index is 0.246. The van der Waals surface area contributed by atoms with E-state index in [1.54, 1.807) is 0 Å². The molecule has 0 amide bonds. The Kier molecular flexibility index (Phi) is 2.32. The van der Waals surface area contributed by atoms with Gasteiger partial charge in [0.1, 0.15) is 0 Å².